The zero-order valence-corrected chi connectivity index (χ0v) is 7.80. The third kappa shape index (κ3) is 2.17. The Labute approximate surface area is 69.2 Å². The van der Waals surface area contributed by atoms with Crippen LogP contribution < -0.4 is 0 Å². The van der Waals surface area contributed by atoms with E-state index >= 15 is 0 Å². The van der Waals surface area contributed by atoms with Crippen molar-refractivity contribution in [1.29, 1.82) is 0 Å². The maximum atomic E-state index is 9.12. The van der Waals surface area contributed by atoms with Crippen LogP contribution in [0.25, 0.3) is 0 Å². The highest BCUT2D eigenvalue weighted by molar-refractivity contribution is 4.81. The summed E-state index contributed by atoms with van der Waals surface area (Å²) < 4.78 is 0. The van der Waals surface area contributed by atoms with Crippen molar-refractivity contribution in [2.24, 2.45) is 11.3 Å². The van der Waals surface area contributed by atoms with Crippen LogP contribution in [0.5, 0.6) is 0 Å². The van der Waals surface area contributed by atoms with Crippen LogP contribution in [0.2, 0.25) is 0 Å². The van der Waals surface area contributed by atoms with E-state index in [1.807, 2.05) is 6.92 Å². The lowest BCUT2D eigenvalue weighted by molar-refractivity contribution is 0.00528. The van der Waals surface area contributed by atoms with E-state index in [2.05, 4.69) is 13.8 Å². The smallest absolute Gasteiger partial charge is 0.0511 e. The summed E-state index contributed by atoms with van der Waals surface area (Å²) in [5.41, 5.74) is -0.255. The van der Waals surface area contributed by atoms with E-state index < -0.39 is 0 Å². The quantitative estimate of drug-likeness (QED) is 0.638. The highest BCUT2D eigenvalue weighted by Gasteiger charge is 2.31. The minimum atomic E-state index is -0.255. The van der Waals surface area contributed by atoms with Crippen molar-refractivity contribution >= 4 is 0 Å². The van der Waals surface area contributed by atoms with Crippen LogP contribution in [0.15, 0.2) is 0 Å². The standard InChI is InChI=1S/C9H20O2/c1-4-8(3)9(5-2,6-10)7-11/h8,10-11H,4-7H2,1-3H3. The molecule has 0 saturated heterocycles. The summed E-state index contributed by atoms with van der Waals surface area (Å²) in [7, 11) is 0. The van der Waals surface area contributed by atoms with Crippen LogP contribution >= 0.6 is 0 Å². The molecule has 0 radical (unpaired) electrons. The van der Waals surface area contributed by atoms with Crippen LogP contribution in [0, 0.1) is 11.3 Å². The summed E-state index contributed by atoms with van der Waals surface area (Å²) in [5.74, 6) is 0.391. The molecule has 2 N–H and O–H groups in total. The summed E-state index contributed by atoms with van der Waals surface area (Å²) >= 11 is 0. The van der Waals surface area contributed by atoms with Gasteiger partial charge in [0.25, 0.3) is 0 Å². The van der Waals surface area contributed by atoms with Crippen molar-refractivity contribution in [3.05, 3.63) is 0 Å². The Hall–Kier alpha value is -0.0800. The minimum absolute atomic E-state index is 0.0923. The lowest BCUT2D eigenvalue weighted by Crippen LogP contribution is -2.35. The van der Waals surface area contributed by atoms with E-state index in [9.17, 15) is 0 Å². The topological polar surface area (TPSA) is 40.5 Å². The molecule has 0 aliphatic heterocycles. The number of hydrogen-bond donors (Lipinski definition) is 2. The second-order valence-corrected chi connectivity index (χ2v) is 3.34. The largest absolute Gasteiger partial charge is 0.396 e. The predicted octanol–water partition coefficient (Wildman–Crippen LogP) is 1.41. The number of hydrogen-bond acceptors (Lipinski definition) is 2. The average Bonchev–Trinajstić information content (AvgIpc) is 2.08. The van der Waals surface area contributed by atoms with E-state index in [1.54, 1.807) is 0 Å². The lowest BCUT2D eigenvalue weighted by Gasteiger charge is -2.34. The first-order valence-corrected chi connectivity index (χ1v) is 4.38. The molecule has 0 fully saturated rings. The Bertz CT molecular complexity index is 89.5. The molecule has 68 valence electrons. The van der Waals surface area contributed by atoms with Gasteiger partial charge in [0.2, 0.25) is 0 Å². The number of aliphatic hydroxyl groups excluding tert-OH is 2. The van der Waals surface area contributed by atoms with Gasteiger partial charge in [-0.1, -0.05) is 27.2 Å². The normalized spacial score (nSPS) is 15.0. The monoisotopic (exact) mass is 160 g/mol. The molecule has 2 nitrogen and oxygen atoms in total. The Morgan fingerprint density at radius 3 is 1.73 bits per heavy atom. The van der Waals surface area contributed by atoms with Gasteiger partial charge in [-0.25, -0.2) is 0 Å². The number of aliphatic hydroxyl groups is 2. The van der Waals surface area contributed by atoms with Gasteiger partial charge < -0.3 is 10.2 Å². The van der Waals surface area contributed by atoms with Gasteiger partial charge in [0.1, 0.15) is 0 Å². The molecule has 0 aliphatic rings. The first-order valence-electron chi connectivity index (χ1n) is 4.38. The predicted molar refractivity (Wildman–Crippen MR) is 46.4 cm³/mol. The molecule has 0 spiro atoms. The SMILES string of the molecule is CCC(C)C(CC)(CO)CO. The molecule has 0 bridgehead atoms. The van der Waals surface area contributed by atoms with E-state index in [4.69, 9.17) is 10.2 Å². The molecule has 0 saturated carbocycles. The molecule has 1 atom stereocenters. The van der Waals surface area contributed by atoms with Gasteiger partial charge in [-0.15, -0.1) is 0 Å². The molecule has 2 heteroatoms. The summed E-state index contributed by atoms with van der Waals surface area (Å²) in [6.07, 6.45) is 1.85. The average molecular weight is 160 g/mol. The Morgan fingerprint density at radius 2 is 1.64 bits per heavy atom. The zero-order chi connectivity index (χ0) is 8.91. The third-order valence-corrected chi connectivity index (χ3v) is 2.99. The summed E-state index contributed by atoms with van der Waals surface area (Å²) in [5, 5.41) is 18.2. The third-order valence-electron chi connectivity index (χ3n) is 2.99. The molecular formula is C9H20O2. The van der Waals surface area contributed by atoms with Crippen LogP contribution in [-0.4, -0.2) is 23.4 Å². The van der Waals surface area contributed by atoms with Crippen molar-refractivity contribution in [2.75, 3.05) is 13.2 Å². The lowest BCUT2D eigenvalue weighted by atomic mass is 9.74. The fraction of sp³-hybridized carbons (Fsp3) is 1.00. The minimum Gasteiger partial charge on any atom is -0.396 e. The van der Waals surface area contributed by atoms with Gasteiger partial charge in [-0.2, -0.15) is 0 Å². The highest BCUT2D eigenvalue weighted by Crippen LogP contribution is 2.32. The zero-order valence-electron chi connectivity index (χ0n) is 7.80. The fourth-order valence-electron chi connectivity index (χ4n) is 1.37. The molecule has 0 aromatic rings. The second-order valence-electron chi connectivity index (χ2n) is 3.34. The van der Waals surface area contributed by atoms with Crippen molar-refractivity contribution < 1.29 is 10.2 Å². The Kier molecular flexibility index (Phi) is 4.69. The molecule has 0 amide bonds. The van der Waals surface area contributed by atoms with E-state index in [1.165, 1.54) is 0 Å². The Balaban J connectivity index is 4.26. The molecular weight excluding hydrogens is 140 g/mol. The van der Waals surface area contributed by atoms with Crippen molar-refractivity contribution in [3.8, 4) is 0 Å². The van der Waals surface area contributed by atoms with Gasteiger partial charge >= 0.3 is 0 Å². The van der Waals surface area contributed by atoms with Crippen LogP contribution in [0.3, 0.4) is 0 Å². The molecule has 0 aliphatic carbocycles. The number of rotatable bonds is 5. The van der Waals surface area contributed by atoms with Crippen LogP contribution in [-0.2, 0) is 0 Å². The molecule has 0 heterocycles. The molecule has 0 aromatic carbocycles. The molecule has 0 rings (SSSR count). The van der Waals surface area contributed by atoms with E-state index in [0.29, 0.717) is 5.92 Å². The second kappa shape index (κ2) is 4.73. The molecule has 0 aromatic heterocycles. The van der Waals surface area contributed by atoms with Crippen molar-refractivity contribution in [3.63, 3.8) is 0 Å². The maximum absolute atomic E-state index is 9.12. The maximum Gasteiger partial charge on any atom is 0.0511 e. The summed E-state index contributed by atoms with van der Waals surface area (Å²) in [6.45, 7) is 6.36. The first kappa shape index (κ1) is 10.9. The van der Waals surface area contributed by atoms with Crippen molar-refractivity contribution in [2.45, 2.75) is 33.6 Å². The van der Waals surface area contributed by atoms with Gasteiger partial charge in [0.05, 0.1) is 13.2 Å². The van der Waals surface area contributed by atoms with Gasteiger partial charge in [0.15, 0.2) is 0 Å². The van der Waals surface area contributed by atoms with E-state index in [-0.39, 0.29) is 18.6 Å². The van der Waals surface area contributed by atoms with Crippen LogP contribution in [0.1, 0.15) is 33.6 Å². The summed E-state index contributed by atoms with van der Waals surface area (Å²) in [6, 6.07) is 0. The first-order chi connectivity index (χ1) is 5.16. The van der Waals surface area contributed by atoms with Gasteiger partial charge in [-0.05, 0) is 12.3 Å². The van der Waals surface area contributed by atoms with Crippen LogP contribution in [0.4, 0.5) is 0 Å². The van der Waals surface area contributed by atoms with Crippen molar-refractivity contribution in [1.82, 2.24) is 0 Å². The molecule has 1 unspecified atom stereocenters. The summed E-state index contributed by atoms with van der Waals surface area (Å²) in [4.78, 5) is 0. The van der Waals surface area contributed by atoms with Gasteiger partial charge in [-0.3, -0.25) is 0 Å². The fourth-order valence-corrected chi connectivity index (χ4v) is 1.37. The van der Waals surface area contributed by atoms with Gasteiger partial charge in [0, 0.05) is 5.41 Å². The molecule has 11 heavy (non-hydrogen) atoms. The Morgan fingerprint density at radius 1 is 1.18 bits per heavy atom. The van der Waals surface area contributed by atoms with E-state index in [0.717, 1.165) is 12.8 Å². The highest BCUT2D eigenvalue weighted by atomic mass is 16.3.